The third-order valence-corrected chi connectivity index (χ3v) is 10.5. The number of aliphatic hydroxyl groups is 1. The molecule has 0 aromatic heterocycles. The second-order valence-corrected chi connectivity index (χ2v) is 14.6. The van der Waals surface area contributed by atoms with Gasteiger partial charge in [-0.25, -0.2) is 0 Å². The van der Waals surface area contributed by atoms with Crippen LogP contribution in [0.3, 0.4) is 0 Å². The van der Waals surface area contributed by atoms with Gasteiger partial charge in [0, 0.05) is 40.4 Å². The fraction of sp³-hybridized carbons (Fsp3) is 0.415. The van der Waals surface area contributed by atoms with Gasteiger partial charge in [0.2, 0.25) is 35.4 Å². The molecule has 6 bridgehead atoms. The van der Waals surface area contributed by atoms with E-state index in [2.05, 4.69) is 16.0 Å². The van der Waals surface area contributed by atoms with Crippen molar-refractivity contribution < 1.29 is 48.5 Å². The van der Waals surface area contributed by atoms with Crippen LogP contribution in [0.2, 0.25) is 0 Å². The van der Waals surface area contributed by atoms with Gasteiger partial charge in [-0.15, -0.1) is 0 Å². The van der Waals surface area contributed by atoms with Crippen LogP contribution in [0.5, 0.6) is 23.0 Å². The van der Waals surface area contributed by atoms with Gasteiger partial charge >= 0.3 is 0 Å². The summed E-state index contributed by atoms with van der Waals surface area (Å²) in [5, 5.41) is 29.2. The number of fused-ring (bicyclic) bond motifs is 2. The Morgan fingerprint density at radius 1 is 0.719 bits per heavy atom. The second kappa shape index (κ2) is 17.7. The molecule has 3 aromatic rings. The molecule has 16 nitrogen and oxygen atoms in total. The van der Waals surface area contributed by atoms with Crippen LogP contribution in [0.4, 0.5) is 0 Å². The SMILES string of the molecule is COc1ccc(CC2C(=O)NC(C)C(=O)N(C)C3Cc4ccc(cc4)Oc4cc(ccc4O)CC(C(=O)NC(C)C(=O)NC(C(C)O)C(=O)N2C)N(C)C3=O)cc1. The highest BCUT2D eigenvalue weighted by Crippen LogP contribution is 2.33. The Morgan fingerprint density at radius 2 is 1.32 bits per heavy atom. The summed E-state index contributed by atoms with van der Waals surface area (Å²) in [5.41, 5.74) is 1.78. The Bertz CT molecular complexity index is 1990. The molecule has 5 N–H and O–H groups in total. The molecule has 0 spiro atoms. The number of phenolic OH excluding ortho intramolecular Hbond substituents is 1. The number of hydrogen-bond donors (Lipinski definition) is 5. The van der Waals surface area contributed by atoms with Gasteiger partial charge in [-0.05, 0) is 73.9 Å². The Kier molecular flexibility index (Phi) is 13.1. The summed E-state index contributed by atoms with van der Waals surface area (Å²) in [5.74, 6) is -3.35. The lowest BCUT2D eigenvalue weighted by molar-refractivity contribution is -0.150. The van der Waals surface area contributed by atoms with Gasteiger partial charge in [-0.3, -0.25) is 28.8 Å². The molecule has 0 radical (unpaired) electrons. The van der Waals surface area contributed by atoms with E-state index >= 15 is 0 Å². The van der Waals surface area contributed by atoms with Crippen LogP contribution in [-0.4, -0.2) is 131 Å². The molecule has 1 saturated heterocycles. The zero-order chi connectivity index (χ0) is 41.7. The lowest BCUT2D eigenvalue weighted by atomic mass is 9.98. The van der Waals surface area contributed by atoms with Crippen molar-refractivity contribution in [1.29, 1.82) is 0 Å². The predicted molar refractivity (Wildman–Crippen MR) is 207 cm³/mol. The Balaban J connectivity index is 1.60. The first-order chi connectivity index (χ1) is 27.0. The number of carbonyl (C=O) groups excluding carboxylic acids is 6. The minimum atomic E-state index is -1.54. The maximum Gasteiger partial charge on any atom is 0.248 e. The predicted octanol–water partition coefficient (Wildman–Crippen LogP) is 0.904. The van der Waals surface area contributed by atoms with Crippen LogP contribution >= 0.6 is 0 Å². The smallest absolute Gasteiger partial charge is 0.248 e. The number of carbonyl (C=O) groups is 6. The van der Waals surface area contributed by atoms with Gasteiger partial charge in [0.1, 0.15) is 47.8 Å². The minimum Gasteiger partial charge on any atom is -0.504 e. The monoisotopic (exact) mass is 786 g/mol. The van der Waals surface area contributed by atoms with Crippen LogP contribution in [0, 0.1) is 0 Å². The number of phenols is 1. The van der Waals surface area contributed by atoms with Crippen molar-refractivity contribution >= 4 is 35.4 Å². The van der Waals surface area contributed by atoms with E-state index in [1.54, 1.807) is 54.6 Å². The topological polar surface area (TPSA) is 207 Å². The van der Waals surface area contributed by atoms with Crippen LogP contribution in [0.1, 0.15) is 37.5 Å². The molecule has 7 unspecified atom stereocenters. The highest BCUT2D eigenvalue weighted by molar-refractivity contribution is 5.98. The van der Waals surface area contributed by atoms with Crippen molar-refractivity contribution in [3.63, 3.8) is 0 Å². The number of aromatic hydroxyl groups is 1. The van der Waals surface area contributed by atoms with E-state index in [-0.39, 0.29) is 30.8 Å². The molecule has 0 aliphatic carbocycles. The maximum atomic E-state index is 14.6. The highest BCUT2D eigenvalue weighted by Gasteiger charge is 2.40. The Morgan fingerprint density at radius 3 is 1.95 bits per heavy atom. The van der Waals surface area contributed by atoms with Crippen LogP contribution in [0.25, 0.3) is 0 Å². The number of rotatable bonds is 4. The summed E-state index contributed by atoms with van der Waals surface area (Å²) in [6.45, 7) is 4.15. The third-order valence-electron chi connectivity index (χ3n) is 10.5. The van der Waals surface area contributed by atoms with Crippen LogP contribution in [0.15, 0.2) is 66.7 Å². The lowest BCUT2D eigenvalue weighted by Gasteiger charge is -2.37. The van der Waals surface area contributed by atoms with Gasteiger partial charge in [0.15, 0.2) is 11.5 Å². The Labute approximate surface area is 331 Å². The standard InChI is InChI=1S/C41H50N6O10/c1-22-36(50)44-35(24(3)48)41(55)46(5)30(18-25-8-13-28(56-7)14-9-25)38(52)43-23(2)39(53)47(6)32-19-26-10-15-29(16-11-26)57-34-21-27(12-17-33(34)49)20-31(37(51)42-22)45(4)40(32)54/h8-17,21-24,30-32,35,48-49H,18-20H2,1-7H3,(H,42,51)(H,43,52)(H,44,50). The van der Waals surface area contributed by atoms with Gasteiger partial charge in [-0.1, -0.05) is 30.3 Å². The van der Waals surface area contributed by atoms with Gasteiger partial charge in [0.05, 0.1) is 13.2 Å². The zero-order valence-corrected chi connectivity index (χ0v) is 33.0. The van der Waals surface area contributed by atoms with E-state index in [1.165, 1.54) is 71.0 Å². The fourth-order valence-corrected chi connectivity index (χ4v) is 6.85. The number of aliphatic hydroxyl groups excluding tert-OH is 1. The number of ether oxygens (including phenoxy) is 2. The molecule has 3 heterocycles. The van der Waals surface area contributed by atoms with Gasteiger partial charge < -0.3 is 50.3 Å². The summed E-state index contributed by atoms with van der Waals surface area (Å²) >= 11 is 0. The van der Waals surface area contributed by atoms with E-state index in [0.717, 1.165) is 4.90 Å². The molecular weight excluding hydrogens is 736 g/mol. The summed E-state index contributed by atoms with van der Waals surface area (Å²) in [7, 11) is 5.72. The van der Waals surface area contributed by atoms with E-state index in [4.69, 9.17) is 9.47 Å². The highest BCUT2D eigenvalue weighted by atomic mass is 16.5. The lowest BCUT2D eigenvalue weighted by Crippen LogP contribution is -2.63. The zero-order valence-electron chi connectivity index (χ0n) is 33.0. The van der Waals surface area contributed by atoms with Crippen molar-refractivity contribution in [1.82, 2.24) is 30.7 Å². The molecule has 7 atom stereocenters. The van der Waals surface area contributed by atoms with Gasteiger partial charge in [-0.2, -0.15) is 0 Å². The first-order valence-corrected chi connectivity index (χ1v) is 18.6. The number of nitrogens with zero attached hydrogens (tertiary/aromatic N) is 3. The molecule has 0 saturated carbocycles. The van der Waals surface area contributed by atoms with Crippen molar-refractivity contribution in [2.24, 2.45) is 0 Å². The quantitative estimate of drug-likeness (QED) is 0.253. The van der Waals surface area contributed by atoms with E-state index < -0.39 is 77.8 Å². The number of nitrogens with one attached hydrogen (secondary N) is 3. The van der Waals surface area contributed by atoms with Crippen LogP contribution in [-0.2, 0) is 48.0 Å². The van der Waals surface area contributed by atoms with Crippen molar-refractivity contribution in [2.75, 3.05) is 28.3 Å². The molecule has 6 rings (SSSR count). The van der Waals surface area contributed by atoms with Crippen molar-refractivity contribution in [3.05, 3.63) is 83.4 Å². The molecule has 3 aliphatic heterocycles. The second-order valence-electron chi connectivity index (χ2n) is 14.6. The number of methoxy groups -OCH3 is 1. The summed E-state index contributed by atoms with van der Waals surface area (Å²) in [6, 6.07) is 10.4. The van der Waals surface area contributed by atoms with E-state index in [9.17, 15) is 39.0 Å². The molecule has 3 aromatic carbocycles. The summed E-state index contributed by atoms with van der Waals surface area (Å²) < 4.78 is 11.2. The third kappa shape index (κ3) is 9.63. The van der Waals surface area contributed by atoms with Crippen LogP contribution < -0.4 is 25.4 Å². The average Bonchev–Trinajstić information content (AvgIpc) is 3.19. The first-order valence-electron chi connectivity index (χ1n) is 18.6. The molecule has 16 heteroatoms. The largest absolute Gasteiger partial charge is 0.504 e. The number of likely N-dealkylation sites (N-methyl/N-ethyl adjacent to an activating group) is 3. The molecule has 6 amide bonds. The van der Waals surface area contributed by atoms with Crippen molar-refractivity contribution in [2.45, 2.75) is 82.4 Å². The number of benzene rings is 3. The molecule has 1 fully saturated rings. The van der Waals surface area contributed by atoms with Crippen molar-refractivity contribution in [3.8, 4) is 23.0 Å². The molecule has 57 heavy (non-hydrogen) atoms. The number of amides is 6. The van der Waals surface area contributed by atoms with E-state index in [1.807, 2.05) is 0 Å². The summed E-state index contributed by atoms with van der Waals surface area (Å²) in [6.07, 6.45) is -1.54. The van der Waals surface area contributed by atoms with E-state index in [0.29, 0.717) is 28.2 Å². The maximum absolute atomic E-state index is 14.6. The Hall–Kier alpha value is -6.16. The molecule has 304 valence electrons. The number of hydrogen-bond acceptors (Lipinski definition) is 10. The molecule has 3 aliphatic rings. The minimum absolute atomic E-state index is 0.00806. The normalized spacial score (nSPS) is 24.7. The summed E-state index contributed by atoms with van der Waals surface area (Å²) in [4.78, 5) is 88.4. The first kappa shape index (κ1) is 42.0. The average molecular weight is 787 g/mol. The molecular formula is C41H50N6O10. The fourth-order valence-electron chi connectivity index (χ4n) is 6.85. The van der Waals surface area contributed by atoms with Gasteiger partial charge in [0.25, 0.3) is 0 Å².